The molecule has 4 rings (SSSR count). The molecule has 26 heavy (non-hydrogen) atoms. The summed E-state index contributed by atoms with van der Waals surface area (Å²) in [6.45, 7) is 14.7. The van der Waals surface area contributed by atoms with Crippen molar-refractivity contribution in [2.24, 2.45) is 5.92 Å². The molecule has 0 saturated heterocycles. The van der Waals surface area contributed by atoms with Crippen LogP contribution in [-0.4, -0.2) is 8.07 Å². The van der Waals surface area contributed by atoms with Gasteiger partial charge >= 0.3 is 0 Å². The molecule has 2 aromatic carbocycles. The van der Waals surface area contributed by atoms with Gasteiger partial charge < -0.3 is 0 Å². The summed E-state index contributed by atoms with van der Waals surface area (Å²) in [4.78, 5) is 0. The van der Waals surface area contributed by atoms with Crippen molar-refractivity contribution in [3.05, 3.63) is 81.6 Å². The van der Waals surface area contributed by atoms with Gasteiger partial charge in [-0.05, 0) is 46.6 Å². The van der Waals surface area contributed by atoms with E-state index in [1.54, 1.807) is 21.9 Å². The van der Waals surface area contributed by atoms with Gasteiger partial charge in [0.15, 0.2) is 0 Å². The predicted molar refractivity (Wildman–Crippen MR) is 117 cm³/mol. The van der Waals surface area contributed by atoms with Crippen LogP contribution in [0.4, 0.5) is 0 Å². The highest BCUT2D eigenvalue weighted by molar-refractivity contribution is 6.87. The summed E-state index contributed by atoms with van der Waals surface area (Å²) in [5.74, 6) is 1.15. The quantitative estimate of drug-likeness (QED) is 0.509. The van der Waals surface area contributed by atoms with Crippen molar-refractivity contribution in [1.29, 1.82) is 0 Å². The van der Waals surface area contributed by atoms with Crippen molar-refractivity contribution < 1.29 is 0 Å². The van der Waals surface area contributed by atoms with Crippen LogP contribution in [0, 0.1) is 5.92 Å². The lowest BCUT2D eigenvalue weighted by Crippen LogP contribution is -2.40. The minimum absolute atomic E-state index is 0.550. The molecule has 0 aliphatic heterocycles. The molecule has 2 aromatic rings. The number of fused-ring (bicyclic) bond motifs is 2. The van der Waals surface area contributed by atoms with Gasteiger partial charge in [0.05, 0.1) is 8.07 Å². The molecule has 0 fully saturated rings. The summed E-state index contributed by atoms with van der Waals surface area (Å²) in [5.41, 5.74) is 9.82. The van der Waals surface area contributed by atoms with Gasteiger partial charge in [0.25, 0.3) is 0 Å². The molecule has 2 aliphatic carbocycles. The standard InChI is InChI=1S/C25H30Si/c1-16(2)23-15-19-11-7-8-14-22(19)25(23)26(5,6)24-17(3)20-12-9-10-13-21(20)18(24)4/h7-17,25H,1-6H3. The van der Waals surface area contributed by atoms with Gasteiger partial charge in [-0.25, -0.2) is 0 Å². The van der Waals surface area contributed by atoms with Gasteiger partial charge in [0.2, 0.25) is 0 Å². The maximum Gasteiger partial charge on any atom is 0.0884 e. The first-order valence-corrected chi connectivity index (χ1v) is 13.0. The van der Waals surface area contributed by atoms with Crippen molar-refractivity contribution in [3.8, 4) is 0 Å². The van der Waals surface area contributed by atoms with E-state index in [2.05, 4.69) is 95.4 Å². The van der Waals surface area contributed by atoms with Crippen molar-refractivity contribution in [3.63, 3.8) is 0 Å². The summed E-state index contributed by atoms with van der Waals surface area (Å²) in [6.07, 6.45) is 2.49. The fourth-order valence-electron chi connectivity index (χ4n) is 5.69. The summed E-state index contributed by atoms with van der Waals surface area (Å²) < 4.78 is 0. The highest BCUT2D eigenvalue weighted by atomic mass is 28.3. The van der Waals surface area contributed by atoms with E-state index in [1.807, 2.05) is 0 Å². The zero-order chi connectivity index (χ0) is 18.6. The minimum atomic E-state index is -1.73. The number of allylic oxidation sites excluding steroid dienone is 3. The third-order valence-electron chi connectivity index (χ3n) is 6.71. The normalized spacial score (nSPS) is 21.9. The molecule has 0 radical (unpaired) electrons. The van der Waals surface area contributed by atoms with E-state index in [9.17, 15) is 0 Å². The maximum atomic E-state index is 2.61. The zero-order valence-corrected chi connectivity index (χ0v) is 17.9. The topological polar surface area (TPSA) is 0 Å². The SMILES string of the molecule is CC1=C([Si](C)(C)C2C(C(C)C)=Cc3ccccc32)C(C)c2ccccc21. The van der Waals surface area contributed by atoms with Gasteiger partial charge in [-0.3, -0.25) is 0 Å². The second kappa shape index (κ2) is 6.09. The van der Waals surface area contributed by atoms with E-state index in [-0.39, 0.29) is 0 Å². The van der Waals surface area contributed by atoms with Crippen LogP contribution in [0.2, 0.25) is 13.1 Å². The average molecular weight is 359 g/mol. The van der Waals surface area contributed by atoms with Crippen LogP contribution in [-0.2, 0) is 0 Å². The van der Waals surface area contributed by atoms with E-state index < -0.39 is 8.07 Å². The molecule has 2 aliphatic rings. The Bertz CT molecular complexity index is 927. The van der Waals surface area contributed by atoms with Crippen molar-refractivity contribution in [2.75, 3.05) is 0 Å². The number of hydrogen-bond acceptors (Lipinski definition) is 0. The molecule has 2 atom stereocenters. The molecule has 134 valence electrons. The molecular formula is C25H30Si. The first-order valence-electron chi connectivity index (χ1n) is 9.95. The van der Waals surface area contributed by atoms with E-state index in [4.69, 9.17) is 0 Å². The van der Waals surface area contributed by atoms with Gasteiger partial charge in [-0.15, -0.1) is 0 Å². The van der Waals surface area contributed by atoms with Crippen LogP contribution >= 0.6 is 0 Å². The molecule has 0 saturated carbocycles. The molecule has 0 nitrogen and oxygen atoms in total. The molecule has 0 spiro atoms. The van der Waals surface area contributed by atoms with Gasteiger partial charge in [-0.1, -0.05) is 99.2 Å². The number of benzene rings is 2. The van der Waals surface area contributed by atoms with Crippen LogP contribution < -0.4 is 0 Å². The molecular weight excluding hydrogens is 328 g/mol. The summed E-state index contributed by atoms with van der Waals surface area (Å²) >= 11 is 0. The molecule has 0 heterocycles. The summed E-state index contributed by atoms with van der Waals surface area (Å²) in [7, 11) is -1.73. The van der Waals surface area contributed by atoms with Crippen molar-refractivity contribution in [1.82, 2.24) is 0 Å². The minimum Gasteiger partial charge on any atom is -0.0694 e. The second-order valence-corrected chi connectivity index (χ2v) is 13.5. The van der Waals surface area contributed by atoms with Gasteiger partial charge in [0.1, 0.15) is 0 Å². The first-order chi connectivity index (χ1) is 12.3. The van der Waals surface area contributed by atoms with Crippen LogP contribution in [0.15, 0.2) is 59.3 Å². The lowest BCUT2D eigenvalue weighted by atomic mass is 10.0. The zero-order valence-electron chi connectivity index (χ0n) is 16.9. The number of hydrogen-bond donors (Lipinski definition) is 0. The van der Waals surface area contributed by atoms with Crippen molar-refractivity contribution in [2.45, 2.75) is 52.2 Å². The van der Waals surface area contributed by atoms with E-state index in [0.29, 0.717) is 17.4 Å². The highest BCUT2D eigenvalue weighted by Crippen LogP contribution is 2.53. The smallest absolute Gasteiger partial charge is 0.0694 e. The van der Waals surface area contributed by atoms with Crippen LogP contribution in [0.1, 0.15) is 61.4 Å². The third-order valence-corrected chi connectivity index (χ3v) is 11.0. The van der Waals surface area contributed by atoms with E-state index >= 15 is 0 Å². The Balaban J connectivity index is 1.87. The Hall–Kier alpha value is -1.86. The predicted octanol–water partition coefficient (Wildman–Crippen LogP) is 7.20. The third kappa shape index (κ3) is 2.40. The number of rotatable bonds is 3. The van der Waals surface area contributed by atoms with E-state index in [0.717, 1.165) is 0 Å². The van der Waals surface area contributed by atoms with Crippen LogP contribution in [0.5, 0.6) is 0 Å². The first kappa shape index (κ1) is 17.5. The average Bonchev–Trinajstić information content (AvgIpc) is 3.13. The Morgan fingerprint density at radius 2 is 1.50 bits per heavy atom. The Kier molecular flexibility index (Phi) is 4.11. The molecule has 1 heteroatoms. The maximum absolute atomic E-state index is 2.61. The fourth-order valence-corrected chi connectivity index (χ4v) is 10.7. The van der Waals surface area contributed by atoms with Gasteiger partial charge in [-0.2, -0.15) is 0 Å². The molecule has 0 bridgehead atoms. The second-order valence-electron chi connectivity index (χ2n) is 8.93. The largest absolute Gasteiger partial charge is 0.0884 e. The van der Waals surface area contributed by atoms with Crippen LogP contribution in [0.25, 0.3) is 11.6 Å². The Morgan fingerprint density at radius 3 is 2.15 bits per heavy atom. The lowest BCUT2D eigenvalue weighted by molar-refractivity contribution is 0.735. The fraction of sp³-hybridized carbons (Fsp3) is 0.360. The van der Waals surface area contributed by atoms with E-state index in [1.165, 1.54) is 16.7 Å². The Labute approximate surface area is 159 Å². The molecule has 0 amide bonds. The molecule has 0 aromatic heterocycles. The molecule has 0 N–H and O–H groups in total. The van der Waals surface area contributed by atoms with Crippen LogP contribution in [0.3, 0.4) is 0 Å². The Morgan fingerprint density at radius 1 is 0.885 bits per heavy atom. The monoisotopic (exact) mass is 358 g/mol. The van der Waals surface area contributed by atoms with Crippen molar-refractivity contribution >= 4 is 19.7 Å². The highest BCUT2D eigenvalue weighted by Gasteiger charge is 2.46. The van der Waals surface area contributed by atoms with Gasteiger partial charge in [0, 0.05) is 5.54 Å². The summed E-state index contributed by atoms with van der Waals surface area (Å²) in [5, 5.41) is 1.76. The lowest BCUT2D eigenvalue weighted by Gasteiger charge is -2.38. The molecule has 2 unspecified atom stereocenters. The summed E-state index contributed by atoms with van der Waals surface area (Å²) in [6, 6.07) is 18.1.